The molecule has 0 spiro atoms. The van der Waals surface area contributed by atoms with Crippen LogP contribution in [0, 0.1) is 5.92 Å². The summed E-state index contributed by atoms with van der Waals surface area (Å²) in [6.07, 6.45) is 0.904. The summed E-state index contributed by atoms with van der Waals surface area (Å²) >= 11 is 1.32. The van der Waals surface area contributed by atoms with Crippen molar-refractivity contribution in [3.63, 3.8) is 0 Å². The van der Waals surface area contributed by atoms with Gasteiger partial charge in [0.15, 0.2) is 0 Å². The molecule has 1 aromatic heterocycles. The van der Waals surface area contributed by atoms with Crippen LogP contribution in [0.2, 0.25) is 0 Å². The van der Waals surface area contributed by atoms with Gasteiger partial charge < -0.3 is 10.1 Å². The van der Waals surface area contributed by atoms with E-state index in [-0.39, 0.29) is 0 Å². The Morgan fingerprint density at radius 2 is 2.43 bits per heavy atom. The largest absolute Gasteiger partial charge is 0.464 e. The average Bonchev–Trinajstić information content (AvgIpc) is 2.58. The highest BCUT2D eigenvalue weighted by Crippen LogP contribution is 2.16. The highest BCUT2D eigenvalue weighted by molar-refractivity contribution is 7.13. The Morgan fingerprint density at radius 3 is 3.00 bits per heavy atom. The third kappa shape index (κ3) is 1.91. The summed E-state index contributed by atoms with van der Waals surface area (Å²) in [7, 11) is 1.35. The predicted molar refractivity (Wildman–Crippen MR) is 51.3 cm³/mol. The van der Waals surface area contributed by atoms with Gasteiger partial charge in [0.05, 0.1) is 7.11 Å². The second-order valence-electron chi connectivity index (χ2n) is 3.22. The minimum Gasteiger partial charge on any atom is -0.464 e. The van der Waals surface area contributed by atoms with Gasteiger partial charge in [-0.25, -0.2) is 4.79 Å². The first-order valence-corrected chi connectivity index (χ1v) is 5.22. The molecule has 1 aliphatic rings. The van der Waals surface area contributed by atoms with Crippen molar-refractivity contribution < 1.29 is 9.53 Å². The third-order valence-electron chi connectivity index (χ3n) is 2.16. The van der Waals surface area contributed by atoms with E-state index >= 15 is 0 Å². The maximum absolute atomic E-state index is 11.1. The van der Waals surface area contributed by atoms with E-state index in [9.17, 15) is 4.79 Å². The van der Waals surface area contributed by atoms with Crippen molar-refractivity contribution in [3.8, 4) is 0 Å². The molecule has 0 bridgehead atoms. The molecular formula is C8H11N3O2S. The molecule has 2 rings (SSSR count). The van der Waals surface area contributed by atoms with Crippen LogP contribution in [0.5, 0.6) is 0 Å². The number of methoxy groups -OCH3 is 1. The van der Waals surface area contributed by atoms with Crippen molar-refractivity contribution in [2.45, 2.75) is 6.42 Å². The van der Waals surface area contributed by atoms with E-state index in [1.807, 2.05) is 0 Å². The third-order valence-corrected chi connectivity index (χ3v) is 3.08. The topological polar surface area (TPSA) is 64.1 Å². The first kappa shape index (κ1) is 9.54. The Hall–Kier alpha value is -1.01. The summed E-state index contributed by atoms with van der Waals surface area (Å²) in [6, 6.07) is 0. The molecule has 0 aromatic carbocycles. The van der Waals surface area contributed by atoms with E-state index in [1.54, 1.807) is 0 Å². The van der Waals surface area contributed by atoms with Crippen LogP contribution in [0.4, 0.5) is 0 Å². The molecule has 1 saturated heterocycles. The van der Waals surface area contributed by atoms with Crippen LogP contribution in [0.25, 0.3) is 0 Å². The van der Waals surface area contributed by atoms with Crippen molar-refractivity contribution in [1.82, 2.24) is 15.5 Å². The average molecular weight is 213 g/mol. The molecule has 0 saturated carbocycles. The molecule has 1 aliphatic heterocycles. The number of carbonyl (C=O) groups is 1. The van der Waals surface area contributed by atoms with Crippen molar-refractivity contribution in [1.29, 1.82) is 0 Å². The molecule has 14 heavy (non-hydrogen) atoms. The second-order valence-corrected chi connectivity index (χ2v) is 4.28. The Bertz CT molecular complexity index is 335. The fourth-order valence-corrected chi connectivity index (χ4v) is 2.12. The van der Waals surface area contributed by atoms with Gasteiger partial charge in [-0.3, -0.25) is 0 Å². The molecule has 0 amide bonds. The standard InChI is InChI=1S/C8H11N3O2S/c1-13-8(12)7-11-10-6(14-7)2-5-3-9-4-5/h5,9H,2-4H2,1H3. The van der Waals surface area contributed by atoms with Crippen molar-refractivity contribution in [3.05, 3.63) is 10.0 Å². The molecule has 0 atom stereocenters. The highest BCUT2D eigenvalue weighted by atomic mass is 32.1. The Labute approximate surface area is 85.5 Å². The number of hydrogen-bond acceptors (Lipinski definition) is 6. The summed E-state index contributed by atoms with van der Waals surface area (Å²) in [4.78, 5) is 11.1. The number of aromatic nitrogens is 2. The molecule has 6 heteroatoms. The number of rotatable bonds is 3. The lowest BCUT2D eigenvalue weighted by Crippen LogP contribution is -2.43. The van der Waals surface area contributed by atoms with E-state index in [4.69, 9.17) is 0 Å². The Balaban J connectivity index is 1.98. The molecule has 0 radical (unpaired) electrons. The molecule has 1 aromatic rings. The van der Waals surface area contributed by atoms with Gasteiger partial charge in [0.1, 0.15) is 5.01 Å². The van der Waals surface area contributed by atoms with Gasteiger partial charge in [-0.05, 0) is 19.0 Å². The molecule has 2 heterocycles. The summed E-state index contributed by atoms with van der Waals surface area (Å²) in [5.41, 5.74) is 0. The number of nitrogens with one attached hydrogen (secondary N) is 1. The molecular weight excluding hydrogens is 202 g/mol. The molecule has 1 N–H and O–H groups in total. The normalized spacial score (nSPS) is 16.4. The minimum absolute atomic E-state index is 0.342. The molecule has 0 aliphatic carbocycles. The van der Waals surface area contributed by atoms with Crippen LogP contribution < -0.4 is 5.32 Å². The molecule has 0 unspecified atom stereocenters. The lowest BCUT2D eigenvalue weighted by atomic mass is 10.0. The lowest BCUT2D eigenvalue weighted by molar-refractivity contribution is 0.0599. The van der Waals surface area contributed by atoms with Gasteiger partial charge in [-0.15, -0.1) is 10.2 Å². The zero-order valence-corrected chi connectivity index (χ0v) is 8.63. The fourth-order valence-electron chi connectivity index (χ4n) is 1.25. The summed E-state index contributed by atoms with van der Waals surface area (Å²) in [5.74, 6) is 0.244. The van der Waals surface area contributed by atoms with Gasteiger partial charge in [0.25, 0.3) is 0 Å². The molecule has 1 fully saturated rings. The summed E-state index contributed by atoms with van der Waals surface area (Å²) < 4.78 is 4.55. The Morgan fingerprint density at radius 1 is 1.64 bits per heavy atom. The van der Waals surface area contributed by atoms with E-state index in [1.165, 1.54) is 18.4 Å². The van der Waals surface area contributed by atoms with Crippen LogP contribution in [0.1, 0.15) is 14.8 Å². The van der Waals surface area contributed by atoms with E-state index in [0.29, 0.717) is 10.9 Å². The zero-order chi connectivity index (χ0) is 9.97. The Kier molecular flexibility index (Phi) is 2.74. The summed E-state index contributed by atoms with van der Waals surface area (Å²) in [5, 5.41) is 12.2. The fraction of sp³-hybridized carbons (Fsp3) is 0.625. The van der Waals surface area contributed by atoms with Crippen molar-refractivity contribution >= 4 is 17.3 Å². The quantitative estimate of drug-likeness (QED) is 0.721. The zero-order valence-electron chi connectivity index (χ0n) is 7.82. The van der Waals surface area contributed by atoms with Gasteiger partial charge in [-0.1, -0.05) is 11.3 Å². The van der Waals surface area contributed by atoms with Gasteiger partial charge >= 0.3 is 5.97 Å². The number of ether oxygens (including phenoxy) is 1. The van der Waals surface area contributed by atoms with Crippen LogP contribution >= 0.6 is 11.3 Å². The monoisotopic (exact) mass is 213 g/mol. The van der Waals surface area contributed by atoms with E-state index in [0.717, 1.165) is 24.5 Å². The van der Waals surface area contributed by atoms with E-state index in [2.05, 4.69) is 20.3 Å². The van der Waals surface area contributed by atoms with Crippen LogP contribution in [0.15, 0.2) is 0 Å². The number of carbonyl (C=O) groups excluding carboxylic acids is 1. The van der Waals surface area contributed by atoms with Crippen LogP contribution in [0.3, 0.4) is 0 Å². The smallest absolute Gasteiger partial charge is 0.369 e. The van der Waals surface area contributed by atoms with Crippen molar-refractivity contribution in [2.75, 3.05) is 20.2 Å². The molecule has 5 nitrogen and oxygen atoms in total. The SMILES string of the molecule is COC(=O)c1nnc(CC2CNC2)s1. The lowest BCUT2D eigenvalue weighted by Gasteiger charge is -2.25. The van der Waals surface area contributed by atoms with E-state index < -0.39 is 5.97 Å². The number of hydrogen-bond donors (Lipinski definition) is 1. The second kappa shape index (κ2) is 4.02. The molecule has 76 valence electrons. The van der Waals surface area contributed by atoms with Gasteiger partial charge in [-0.2, -0.15) is 0 Å². The maximum atomic E-state index is 11.1. The minimum atomic E-state index is -0.402. The van der Waals surface area contributed by atoms with Crippen LogP contribution in [-0.2, 0) is 11.2 Å². The predicted octanol–water partition coefficient (Wildman–Crippen LogP) is 0.0866. The number of nitrogens with zero attached hydrogens (tertiary/aromatic N) is 2. The number of esters is 1. The van der Waals surface area contributed by atoms with Crippen LogP contribution in [-0.4, -0.2) is 36.4 Å². The first-order chi connectivity index (χ1) is 6.79. The summed E-state index contributed by atoms with van der Waals surface area (Å²) in [6.45, 7) is 2.07. The van der Waals surface area contributed by atoms with Gasteiger partial charge in [0, 0.05) is 6.42 Å². The maximum Gasteiger partial charge on any atom is 0.369 e. The highest BCUT2D eigenvalue weighted by Gasteiger charge is 2.20. The van der Waals surface area contributed by atoms with Crippen molar-refractivity contribution in [2.24, 2.45) is 5.92 Å². The van der Waals surface area contributed by atoms with Gasteiger partial charge in [0.2, 0.25) is 5.01 Å². The first-order valence-electron chi connectivity index (χ1n) is 4.41.